The average Bonchev–Trinajstić information content (AvgIpc) is 3.63. The first-order chi connectivity index (χ1) is 16.6. The summed E-state index contributed by atoms with van der Waals surface area (Å²) in [7, 11) is 1.53. The summed E-state index contributed by atoms with van der Waals surface area (Å²) in [6.07, 6.45) is 3.19. The fourth-order valence-electron chi connectivity index (χ4n) is 3.78. The van der Waals surface area contributed by atoms with Crippen molar-refractivity contribution in [3.63, 3.8) is 0 Å². The second-order valence-corrected chi connectivity index (χ2v) is 9.11. The van der Waals surface area contributed by atoms with E-state index >= 15 is 0 Å². The van der Waals surface area contributed by atoms with Crippen LogP contribution in [0.1, 0.15) is 55.1 Å². The van der Waals surface area contributed by atoms with E-state index < -0.39 is 11.5 Å². The zero-order valence-electron chi connectivity index (χ0n) is 20.1. The number of aromatic nitrogens is 2. The molecule has 2 heterocycles. The van der Waals surface area contributed by atoms with Crippen molar-refractivity contribution >= 4 is 34.5 Å². The number of benzene rings is 1. The van der Waals surface area contributed by atoms with Gasteiger partial charge in [0.1, 0.15) is 11.6 Å². The van der Waals surface area contributed by atoms with E-state index in [9.17, 15) is 14.3 Å². The second-order valence-electron chi connectivity index (χ2n) is 9.11. The molecule has 0 atom stereocenters. The molecule has 8 nitrogen and oxygen atoms in total. The molecule has 0 spiro atoms. The number of carbonyl (C=O) groups is 1. The zero-order valence-corrected chi connectivity index (χ0v) is 20.1. The maximum atomic E-state index is 14.4. The highest BCUT2D eigenvalue weighted by atomic mass is 19.1. The lowest BCUT2D eigenvalue weighted by molar-refractivity contribution is 0.0737. The van der Waals surface area contributed by atoms with Gasteiger partial charge in [-0.1, -0.05) is 6.07 Å². The summed E-state index contributed by atoms with van der Waals surface area (Å²) < 4.78 is 20.0. The predicted octanol–water partition coefficient (Wildman–Crippen LogP) is 5.32. The molecule has 0 aliphatic heterocycles. The van der Waals surface area contributed by atoms with Gasteiger partial charge in [-0.2, -0.15) is 4.39 Å². The van der Waals surface area contributed by atoms with Crippen molar-refractivity contribution in [1.82, 2.24) is 9.97 Å². The molecule has 2 aromatic heterocycles. The van der Waals surface area contributed by atoms with Gasteiger partial charge >= 0.3 is 0 Å². The number of anilines is 4. The van der Waals surface area contributed by atoms with Gasteiger partial charge in [-0.05, 0) is 57.9 Å². The number of ether oxygens (including phenoxy) is 1. The molecule has 0 unspecified atom stereocenters. The lowest BCUT2D eigenvalue weighted by Gasteiger charge is -2.19. The van der Waals surface area contributed by atoms with Crippen LogP contribution in [0.15, 0.2) is 42.6 Å². The molecule has 1 aliphatic rings. The van der Waals surface area contributed by atoms with E-state index in [0.29, 0.717) is 39.8 Å². The third-order valence-electron chi connectivity index (χ3n) is 5.77. The van der Waals surface area contributed by atoms with Crippen LogP contribution in [-0.2, 0) is 5.60 Å². The van der Waals surface area contributed by atoms with Gasteiger partial charge in [-0.15, -0.1) is 0 Å². The molecule has 9 heteroatoms. The van der Waals surface area contributed by atoms with Crippen molar-refractivity contribution in [3.05, 3.63) is 65.2 Å². The van der Waals surface area contributed by atoms with E-state index in [1.54, 1.807) is 37.3 Å². The fraction of sp³-hybridized carbons (Fsp3) is 0.308. The van der Waals surface area contributed by atoms with Gasteiger partial charge in [0.05, 0.1) is 29.6 Å². The number of nitrogens with zero attached hydrogens (tertiary/aromatic N) is 2. The van der Waals surface area contributed by atoms with Crippen LogP contribution >= 0.6 is 0 Å². The Kier molecular flexibility index (Phi) is 6.53. The number of Topliss-reactive ketones (excluding diaryl/α,β-unsaturated/α-hetero) is 1. The molecule has 1 fully saturated rings. The molecule has 0 radical (unpaired) electrons. The minimum Gasteiger partial charge on any atom is -0.494 e. The molecule has 1 saturated carbocycles. The van der Waals surface area contributed by atoms with Crippen LogP contribution in [0.4, 0.5) is 27.4 Å². The third kappa shape index (κ3) is 5.30. The average molecular weight is 478 g/mol. The largest absolute Gasteiger partial charge is 0.494 e. The first-order valence-corrected chi connectivity index (χ1v) is 11.3. The van der Waals surface area contributed by atoms with E-state index in [1.165, 1.54) is 33.2 Å². The molecule has 1 aromatic carbocycles. The van der Waals surface area contributed by atoms with Crippen LogP contribution in [0.2, 0.25) is 0 Å². The van der Waals surface area contributed by atoms with Crippen LogP contribution in [0.3, 0.4) is 0 Å². The van der Waals surface area contributed by atoms with Crippen molar-refractivity contribution in [2.75, 3.05) is 17.7 Å². The predicted molar refractivity (Wildman–Crippen MR) is 133 cm³/mol. The smallest absolute Gasteiger partial charge is 0.220 e. The first-order valence-electron chi connectivity index (χ1n) is 11.3. The van der Waals surface area contributed by atoms with Gasteiger partial charge in [-0.25, -0.2) is 9.97 Å². The van der Waals surface area contributed by atoms with Crippen molar-refractivity contribution < 1.29 is 19.0 Å². The van der Waals surface area contributed by atoms with E-state index in [4.69, 9.17) is 10.1 Å². The number of methoxy groups -OCH3 is 1. The van der Waals surface area contributed by atoms with Gasteiger partial charge < -0.3 is 25.9 Å². The monoisotopic (exact) mass is 477 g/mol. The number of nitrogens with one attached hydrogen (secondary N) is 3. The Hall–Kier alpha value is -3.85. The van der Waals surface area contributed by atoms with Crippen LogP contribution in [0.5, 0.6) is 5.75 Å². The maximum absolute atomic E-state index is 14.4. The number of hydrogen-bond acceptors (Lipinski definition) is 8. The molecule has 0 amide bonds. The summed E-state index contributed by atoms with van der Waals surface area (Å²) in [4.78, 5) is 21.2. The van der Waals surface area contributed by atoms with E-state index in [2.05, 4.69) is 20.6 Å². The van der Waals surface area contributed by atoms with E-state index in [-0.39, 0.29) is 23.1 Å². The van der Waals surface area contributed by atoms with E-state index in [1.807, 2.05) is 0 Å². The number of para-hydroxylation sites is 1. The number of pyridine rings is 2. The molecular formula is C26H28FN5O3. The standard InChI is InChI=1S/C26H28FN5O3/c1-14(28)16-6-5-7-19(24(16)35-4)30-20-12-22(29-13-17(20)23(33)15-8-9-15)31-21-11-10-18(25(27)32-21)26(2,3)34/h5-7,10-13,15,28,34H,8-9H2,1-4H3,(H2,29,30,31,32). The minimum absolute atomic E-state index is 0.00334. The highest BCUT2D eigenvalue weighted by molar-refractivity contribution is 6.05. The Morgan fingerprint density at radius 2 is 1.89 bits per heavy atom. The molecule has 182 valence electrons. The third-order valence-corrected chi connectivity index (χ3v) is 5.77. The van der Waals surface area contributed by atoms with Crippen LogP contribution in [0.25, 0.3) is 0 Å². The van der Waals surface area contributed by atoms with Crippen molar-refractivity contribution in [1.29, 1.82) is 5.41 Å². The van der Waals surface area contributed by atoms with Gasteiger partial charge in [0.15, 0.2) is 11.5 Å². The number of hydrogen-bond donors (Lipinski definition) is 4. The lowest BCUT2D eigenvalue weighted by atomic mass is 10.0. The van der Waals surface area contributed by atoms with Gasteiger partial charge in [-0.3, -0.25) is 4.79 Å². The Morgan fingerprint density at radius 3 is 2.49 bits per heavy atom. The summed E-state index contributed by atoms with van der Waals surface area (Å²) >= 11 is 0. The molecule has 35 heavy (non-hydrogen) atoms. The second kappa shape index (κ2) is 9.42. The number of ketones is 1. The van der Waals surface area contributed by atoms with E-state index in [0.717, 1.165) is 12.8 Å². The Labute approximate surface area is 203 Å². The van der Waals surface area contributed by atoms with Crippen molar-refractivity contribution in [2.24, 2.45) is 5.92 Å². The molecule has 1 aliphatic carbocycles. The normalized spacial score (nSPS) is 13.3. The number of halogens is 1. The highest BCUT2D eigenvalue weighted by Crippen LogP contribution is 2.38. The number of rotatable bonds is 9. The van der Waals surface area contributed by atoms with Crippen molar-refractivity contribution in [3.8, 4) is 5.75 Å². The summed E-state index contributed by atoms with van der Waals surface area (Å²) in [6.45, 7) is 4.64. The topological polar surface area (TPSA) is 120 Å². The molecule has 3 aromatic rings. The zero-order chi connectivity index (χ0) is 25.3. The number of carbonyl (C=O) groups excluding carboxylic acids is 1. The Morgan fingerprint density at radius 1 is 1.14 bits per heavy atom. The van der Waals surface area contributed by atoms with Gasteiger partial charge in [0.25, 0.3) is 0 Å². The van der Waals surface area contributed by atoms with Gasteiger partial charge in [0, 0.05) is 35.0 Å². The summed E-state index contributed by atoms with van der Waals surface area (Å²) in [5.74, 6) is 0.240. The molecule has 4 N–H and O–H groups in total. The molecular weight excluding hydrogens is 449 g/mol. The van der Waals surface area contributed by atoms with Crippen LogP contribution in [0, 0.1) is 17.3 Å². The summed E-state index contributed by atoms with van der Waals surface area (Å²) in [6, 6.07) is 10.1. The quantitative estimate of drug-likeness (QED) is 0.187. The first kappa shape index (κ1) is 24.3. The van der Waals surface area contributed by atoms with Crippen molar-refractivity contribution in [2.45, 2.75) is 39.2 Å². The molecule has 4 rings (SSSR count). The Bertz CT molecular complexity index is 1300. The lowest BCUT2D eigenvalue weighted by Crippen LogP contribution is -2.18. The Balaban J connectivity index is 1.70. The summed E-state index contributed by atoms with van der Waals surface area (Å²) in [5.41, 5.74) is 1.23. The minimum atomic E-state index is -1.36. The molecule has 0 saturated heterocycles. The maximum Gasteiger partial charge on any atom is 0.220 e. The fourth-order valence-corrected chi connectivity index (χ4v) is 3.78. The number of aliphatic hydroxyl groups is 1. The molecule has 0 bridgehead atoms. The van der Waals surface area contributed by atoms with Crippen LogP contribution < -0.4 is 15.4 Å². The SMILES string of the molecule is COc1c(Nc2cc(Nc3ccc(C(C)(C)O)c(F)n3)ncc2C(=O)C2CC2)cccc1C(C)=N. The van der Waals surface area contributed by atoms with Crippen LogP contribution in [-0.4, -0.2) is 33.7 Å². The summed E-state index contributed by atoms with van der Waals surface area (Å²) in [5, 5.41) is 24.3. The van der Waals surface area contributed by atoms with Gasteiger partial charge in [0.2, 0.25) is 5.95 Å². The highest BCUT2D eigenvalue weighted by Gasteiger charge is 2.32.